The highest BCUT2D eigenvalue weighted by Crippen LogP contribution is 2.43. The fourth-order valence-electron chi connectivity index (χ4n) is 5.24. The lowest BCUT2D eigenvalue weighted by molar-refractivity contribution is -0.159. The minimum absolute atomic E-state index is 0.00197. The van der Waals surface area contributed by atoms with E-state index in [1.165, 1.54) is 12.1 Å². The van der Waals surface area contributed by atoms with Crippen molar-refractivity contribution in [2.45, 2.75) is 61.3 Å². The summed E-state index contributed by atoms with van der Waals surface area (Å²) in [6.45, 7) is 1.63. The van der Waals surface area contributed by atoms with Crippen LogP contribution in [0.3, 0.4) is 0 Å². The predicted octanol–water partition coefficient (Wildman–Crippen LogP) is 3.53. The van der Waals surface area contributed by atoms with Gasteiger partial charge in [-0.05, 0) is 61.4 Å². The molecule has 0 radical (unpaired) electrons. The van der Waals surface area contributed by atoms with Gasteiger partial charge in [0.1, 0.15) is 0 Å². The molecule has 13 heteroatoms. The molecule has 8 nitrogen and oxygen atoms in total. The van der Waals surface area contributed by atoms with Crippen molar-refractivity contribution in [3.63, 3.8) is 0 Å². The first-order chi connectivity index (χ1) is 16.5. The number of anilines is 1. The summed E-state index contributed by atoms with van der Waals surface area (Å²) in [6.07, 6.45) is 1.02. The van der Waals surface area contributed by atoms with Crippen LogP contribution in [0, 0.1) is 11.7 Å². The monoisotopic (exact) mass is 518 g/mol. The Morgan fingerprint density at radius 2 is 1.89 bits per heavy atom. The Hall–Kier alpha value is -2.41. The van der Waals surface area contributed by atoms with Gasteiger partial charge in [-0.15, -0.1) is 0 Å². The van der Waals surface area contributed by atoms with Crippen molar-refractivity contribution < 1.29 is 35.2 Å². The van der Waals surface area contributed by atoms with Crippen molar-refractivity contribution in [2.24, 2.45) is 5.92 Å². The lowest BCUT2D eigenvalue weighted by atomic mass is 9.85. The summed E-state index contributed by atoms with van der Waals surface area (Å²) in [5.41, 5.74) is 0. The van der Waals surface area contributed by atoms with Crippen molar-refractivity contribution in [3.8, 4) is 5.75 Å². The zero-order valence-electron chi connectivity index (χ0n) is 19.0. The molecule has 2 saturated carbocycles. The van der Waals surface area contributed by atoms with Crippen LogP contribution >= 0.6 is 0 Å². The summed E-state index contributed by atoms with van der Waals surface area (Å²) < 4.78 is 85.7. The zero-order chi connectivity index (χ0) is 25.0. The average molecular weight is 519 g/mol. The van der Waals surface area contributed by atoms with Gasteiger partial charge in [0, 0.05) is 37.5 Å². The molecule has 2 heterocycles. The van der Waals surface area contributed by atoms with E-state index in [0.717, 1.165) is 51.0 Å². The number of hydrogen-bond donors (Lipinski definition) is 0. The molecule has 192 valence electrons. The van der Waals surface area contributed by atoms with Gasteiger partial charge in [-0.25, -0.2) is 12.8 Å². The Morgan fingerprint density at radius 3 is 2.51 bits per heavy atom. The topological polar surface area (TPSA) is 88.8 Å². The Kier molecular flexibility index (Phi) is 6.19. The molecule has 0 amide bonds. The molecule has 5 rings (SSSR count). The molecular formula is C22H26F4N4O4S. The normalized spacial score (nSPS) is 27.5. The molecule has 1 aromatic carbocycles. The molecule has 1 saturated heterocycles. The Balaban J connectivity index is 1.10. The maximum Gasteiger partial charge on any atom is 0.471 e. The molecule has 3 fully saturated rings. The van der Waals surface area contributed by atoms with Crippen molar-refractivity contribution >= 4 is 15.8 Å². The lowest BCUT2D eigenvalue weighted by Crippen LogP contribution is -2.51. The molecule has 0 N–H and O–H groups in total. The van der Waals surface area contributed by atoms with Crippen LogP contribution in [-0.2, 0) is 16.0 Å². The number of alkyl halides is 3. The Bertz CT molecular complexity index is 1180. The van der Waals surface area contributed by atoms with E-state index in [2.05, 4.69) is 19.6 Å². The number of ether oxygens (including phenoxy) is 1. The fraction of sp³-hybridized carbons (Fsp3) is 0.636. The van der Waals surface area contributed by atoms with Gasteiger partial charge < -0.3 is 14.2 Å². The van der Waals surface area contributed by atoms with Crippen LogP contribution in [0.5, 0.6) is 5.75 Å². The average Bonchev–Trinajstić information content (AvgIpc) is 3.43. The number of fused-ring (bicyclic) bond motifs is 1. The predicted molar refractivity (Wildman–Crippen MR) is 116 cm³/mol. The zero-order valence-corrected chi connectivity index (χ0v) is 19.9. The van der Waals surface area contributed by atoms with Gasteiger partial charge in [0.25, 0.3) is 5.95 Å². The number of hydrogen-bond acceptors (Lipinski definition) is 8. The smallest absolute Gasteiger partial charge is 0.471 e. The van der Waals surface area contributed by atoms with Gasteiger partial charge in [-0.2, -0.15) is 18.2 Å². The quantitative estimate of drug-likeness (QED) is 0.537. The van der Waals surface area contributed by atoms with Crippen molar-refractivity contribution in [3.05, 3.63) is 29.9 Å². The van der Waals surface area contributed by atoms with Crippen molar-refractivity contribution in [1.82, 2.24) is 15.0 Å². The number of nitrogens with zero attached hydrogens (tertiary/aromatic N) is 4. The second kappa shape index (κ2) is 8.91. The van der Waals surface area contributed by atoms with E-state index < -0.39 is 27.7 Å². The van der Waals surface area contributed by atoms with Crippen LogP contribution in [0.25, 0.3) is 0 Å². The first-order valence-corrected chi connectivity index (χ1v) is 13.5. The van der Waals surface area contributed by atoms with E-state index >= 15 is 0 Å². The summed E-state index contributed by atoms with van der Waals surface area (Å²) in [6, 6.07) is 4.44. The molecule has 35 heavy (non-hydrogen) atoms. The van der Waals surface area contributed by atoms with E-state index in [1.54, 1.807) is 0 Å². The van der Waals surface area contributed by atoms with Crippen LogP contribution in [0.1, 0.15) is 38.0 Å². The first kappa shape index (κ1) is 24.3. The van der Waals surface area contributed by atoms with Crippen LogP contribution in [0.2, 0.25) is 0 Å². The van der Waals surface area contributed by atoms with Gasteiger partial charge in [0.2, 0.25) is 0 Å². The molecule has 1 aliphatic heterocycles. The SMILES string of the molecule is CS(=O)(=O)c1ccc(OC[C@H]2CC[C@H](N3CCN(c4noc(C(F)(F)F)n4)[C@H]4C[C@H]43)CC2)c(F)c1. The highest BCUT2D eigenvalue weighted by atomic mass is 32.2. The van der Waals surface area contributed by atoms with Crippen LogP contribution < -0.4 is 9.64 Å². The second-order valence-electron chi connectivity index (χ2n) is 9.55. The van der Waals surface area contributed by atoms with Gasteiger partial charge in [0.05, 0.1) is 11.5 Å². The van der Waals surface area contributed by atoms with E-state index in [-0.39, 0.29) is 34.6 Å². The fourth-order valence-corrected chi connectivity index (χ4v) is 5.88. The number of halogens is 4. The van der Waals surface area contributed by atoms with E-state index in [0.29, 0.717) is 19.2 Å². The number of sulfone groups is 1. The standard InChI is InChI=1S/C22H26F4N4O4S/c1-35(31,32)15-6-7-19(16(23)10-15)33-12-13-2-4-14(5-3-13)29-8-9-30(18-11-17(18)29)21-27-20(34-28-21)22(24,25)26/h6-7,10,13-14,17-18H,2-5,8-9,11-12H2,1H3/t13-,14-,17-,18+/m1/s1. The van der Waals surface area contributed by atoms with Crippen molar-refractivity contribution in [2.75, 3.05) is 30.9 Å². The van der Waals surface area contributed by atoms with E-state index in [1.807, 2.05) is 4.90 Å². The van der Waals surface area contributed by atoms with E-state index in [4.69, 9.17) is 4.74 Å². The maximum absolute atomic E-state index is 14.2. The Labute approximate surface area is 200 Å². The molecular weight excluding hydrogens is 492 g/mol. The number of benzene rings is 1. The third-order valence-electron chi connectivity index (χ3n) is 7.16. The number of rotatable bonds is 6. The highest BCUT2D eigenvalue weighted by Gasteiger charge is 2.52. The third-order valence-corrected chi connectivity index (χ3v) is 8.27. The van der Waals surface area contributed by atoms with Gasteiger partial charge in [-0.1, -0.05) is 0 Å². The van der Waals surface area contributed by atoms with Gasteiger partial charge >= 0.3 is 12.1 Å². The summed E-state index contributed by atoms with van der Waals surface area (Å²) >= 11 is 0. The Morgan fingerprint density at radius 1 is 1.14 bits per heavy atom. The molecule has 0 spiro atoms. The maximum atomic E-state index is 14.2. The van der Waals surface area contributed by atoms with Crippen molar-refractivity contribution in [1.29, 1.82) is 0 Å². The minimum Gasteiger partial charge on any atom is -0.490 e. The summed E-state index contributed by atoms with van der Waals surface area (Å²) in [5.74, 6) is -1.69. The third kappa shape index (κ3) is 5.11. The highest BCUT2D eigenvalue weighted by molar-refractivity contribution is 7.90. The van der Waals surface area contributed by atoms with Crippen LogP contribution in [0.15, 0.2) is 27.6 Å². The number of aromatic nitrogens is 2. The molecule has 0 unspecified atom stereocenters. The second-order valence-corrected chi connectivity index (χ2v) is 11.6. The molecule has 1 aromatic heterocycles. The lowest BCUT2D eigenvalue weighted by Gasteiger charge is -2.41. The van der Waals surface area contributed by atoms with Gasteiger partial charge in [-0.3, -0.25) is 4.90 Å². The van der Waals surface area contributed by atoms with E-state index in [9.17, 15) is 26.0 Å². The van der Waals surface area contributed by atoms with Crippen LogP contribution in [-0.4, -0.2) is 67.5 Å². The largest absolute Gasteiger partial charge is 0.490 e. The number of piperazine rings is 1. The first-order valence-electron chi connectivity index (χ1n) is 11.6. The summed E-state index contributed by atoms with van der Waals surface area (Å²) in [5, 5.41) is 3.53. The molecule has 2 aliphatic carbocycles. The van der Waals surface area contributed by atoms with Gasteiger partial charge in [0.15, 0.2) is 21.4 Å². The summed E-state index contributed by atoms with van der Waals surface area (Å²) in [4.78, 5) is 7.71. The molecule has 2 atom stereocenters. The minimum atomic E-state index is -4.65. The van der Waals surface area contributed by atoms with Crippen LogP contribution in [0.4, 0.5) is 23.5 Å². The molecule has 0 bridgehead atoms. The molecule has 2 aromatic rings. The molecule has 3 aliphatic rings. The summed E-state index contributed by atoms with van der Waals surface area (Å²) in [7, 11) is -3.48.